The van der Waals surface area contributed by atoms with Crippen molar-refractivity contribution in [2.45, 2.75) is 59.3 Å². The van der Waals surface area contributed by atoms with Crippen molar-refractivity contribution >= 4 is 0 Å². The van der Waals surface area contributed by atoms with Gasteiger partial charge in [0.05, 0.1) is 0 Å². The quantitative estimate of drug-likeness (QED) is 0.792. The van der Waals surface area contributed by atoms with E-state index in [1.807, 2.05) is 0 Å². The van der Waals surface area contributed by atoms with Gasteiger partial charge in [0, 0.05) is 6.54 Å². The molecule has 0 aliphatic rings. The summed E-state index contributed by atoms with van der Waals surface area (Å²) in [5, 5.41) is 3.37. The predicted octanol–water partition coefficient (Wildman–Crippen LogP) is 4.55. The van der Waals surface area contributed by atoms with E-state index in [9.17, 15) is 0 Å². The molecule has 0 aliphatic carbocycles. The highest BCUT2D eigenvalue weighted by molar-refractivity contribution is 5.28. The lowest BCUT2D eigenvalue weighted by atomic mass is 9.76. The van der Waals surface area contributed by atoms with Crippen LogP contribution in [0.25, 0.3) is 0 Å². The third kappa shape index (κ3) is 4.35. The molecule has 0 heterocycles. The highest BCUT2D eigenvalue weighted by Crippen LogP contribution is 2.31. The summed E-state index contributed by atoms with van der Waals surface area (Å²) < 4.78 is 0. The summed E-state index contributed by atoms with van der Waals surface area (Å²) in [4.78, 5) is 0. The number of nitrogens with one attached hydrogen (secondary N) is 1. The minimum absolute atomic E-state index is 0.246. The number of rotatable bonds is 6. The van der Waals surface area contributed by atoms with E-state index in [0.29, 0.717) is 5.41 Å². The Bertz CT molecular complexity index is 366. The van der Waals surface area contributed by atoms with Crippen LogP contribution in [0.3, 0.4) is 0 Å². The molecule has 1 nitrogen and oxygen atoms in total. The molecule has 1 aromatic rings. The molecule has 0 radical (unpaired) electrons. The van der Waals surface area contributed by atoms with Gasteiger partial charge in [0.1, 0.15) is 0 Å². The van der Waals surface area contributed by atoms with Crippen molar-refractivity contribution in [3.8, 4) is 0 Å². The molecule has 19 heavy (non-hydrogen) atoms. The molecule has 0 aliphatic heterocycles. The highest BCUT2D eigenvalue weighted by atomic mass is 14.8. The minimum Gasteiger partial charge on any atom is -0.319 e. The Morgan fingerprint density at radius 3 is 1.84 bits per heavy atom. The lowest BCUT2D eigenvalue weighted by molar-refractivity contribution is 0.253. The maximum Gasteiger partial charge on any atom is 0.000779 e. The Kier molecular flexibility index (Phi) is 5.61. The van der Waals surface area contributed by atoms with Gasteiger partial charge in [0.2, 0.25) is 0 Å². The summed E-state index contributed by atoms with van der Waals surface area (Å²) in [5.74, 6) is 0. The molecule has 1 rings (SSSR count). The van der Waals surface area contributed by atoms with Crippen molar-refractivity contribution < 1.29 is 0 Å². The lowest BCUT2D eigenvalue weighted by Crippen LogP contribution is -2.33. The summed E-state index contributed by atoms with van der Waals surface area (Å²) in [6.45, 7) is 12.5. The van der Waals surface area contributed by atoms with Crippen molar-refractivity contribution in [1.29, 1.82) is 0 Å². The fourth-order valence-electron chi connectivity index (χ4n) is 2.74. The first kappa shape index (κ1) is 16.2. The van der Waals surface area contributed by atoms with Crippen molar-refractivity contribution in [2.24, 2.45) is 5.41 Å². The number of hydrogen-bond acceptors (Lipinski definition) is 1. The molecule has 0 spiro atoms. The van der Waals surface area contributed by atoms with Crippen LogP contribution >= 0.6 is 0 Å². The molecule has 0 bridgehead atoms. The third-order valence-corrected chi connectivity index (χ3v) is 4.45. The van der Waals surface area contributed by atoms with Gasteiger partial charge in [-0.25, -0.2) is 0 Å². The van der Waals surface area contributed by atoms with Crippen molar-refractivity contribution in [3.63, 3.8) is 0 Å². The highest BCUT2D eigenvalue weighted by Gasteiger charge is 2.25. The van der Waals surface area contributed by atoms with Gasteiger partial charge in [-0.1, -0.05) is 58.9 Å². The molecular formula is C18H31N. The fraction of sp³-hybridized carbons (Fsp3) is 0.667. The van der Waals surface area contributed by atoms with Crippen LogP contribution in [0.4, 0.5) is 0 Å². The standard InChI is InChI=1S/C18H31N/c1-7-18(8-2,14-19-6)13-15-9-11-16(12-10-15)17(3,4)5/h9-12,19H,7-8,13-14H2,1-6H3. The second-order valence-electron chi connectivity index (χ2n) is 6.86. The van der Waals surface area contributed by atoms with E-state index in [4.69, 9.17) is 0 Å². The molecule has 0 fully saturated rings. The third-order valence-electron chi connectivity index (χ3n) is 4.45. The molecule has 0 saturated heterocycles. The normalized spacial score (nSPS) is 12.7. The zero-order valence-electron chi connectivity index (χ0n) is 13.6. The van der Waals surface area contributed by atoms with Gasteiger partial charge in [-0.2, -0.15) is 0 Å². The molecule has 0 aromatic heterocycles. The first-order chi connectivity index (χ1) is 8.87. The largest absolute Gasteiger partial charge is 0.319 e. The first-order valence-electron chi connectivity index (χ1n) is 7.61. The Morgan fingerprint density at radius 1 is 0.947 bits per heavy atom. The fourth-order valence-corrected chi connectivity index (χ4v) is 2.74. The van der Waals surface area contributed by atoms with E-state index in [0.717, 1.165) is 6.54 Å². The van der Waals surface area contributed by atoms with Gasteiger partial charge in [0.15, 0.2) is 0 Å². The smallest absolute Gasteiger partial charge is 0.000779 e. The Morgan fingerprint density at radius 2 is 1.47 bits per heavy atom. The van der Waals surface area contributed by atoms with Crippen molar-refractivity contribution in [2.75, 3.05) is 13.6 Å². The average molecular weight is 261 g/mol. The second kappa shape index (κ2) is 6.56. The Hall–Kier alpha value is -0.820. The van der Waals surface area contributed by atoms with Crippen molar-refractivity contribution in [3.05, 3.63) is 35.4 Å². The van der Waals surface area contributed by atoms with Crippen molar-refractivity contribution in [1.82, 2.24) is 5.32 Å². The molecule has 1 N–H and O–H groups in total. The summed E-state index contributed by atoms with van der Waals surface area (Å²) in [5.41, 5.74) is 3.53. The van der Waals surface area contributed by atoms with Gasteiger partial charge in [-0.3, -0.25) is 0 Å². The van der Waals surface area contributed by atoms with E-state index in [1.54, 1.807) is 0 Å². The van der Waals surface area contributed by atoms with Gasteiger partial charge in [0.25, 0.3) is 0 Å². The SMILES string of the molecule is CCC(CC)(CNC)Cc1ccc(C(C)(C)C)cc1. The van der Waals surface area contributed by atoms with Crippen LogP contribution in [0.15, 0.2) is 24.3 Å². The first-order valence-corrected chi connectivity index (χ1v) is 7.61. The predicted molar refractivity (Wildman–Crippen MR) is 85.8 cm³/mol. The zero-order chi connectivity index (χ0) is 14.5. The van der Waals surface area contributed by atoms with Crippen LogP contribution in [-0.4, -0.2) is 13.6 Å². The van der Waals surface area contributed by atoms with E-state index in [2.05, 4.69) is 71.2 Å². The van der Waals surface area contributed by atoms with Gasteiger partial charge >= 0.3 is 0 Å². The molecule has 0 amide bonds. The molecule has 0 saturated carbocycles. The molecule has 0 atom stereocenters. The van der Waals surface area contributed by atoms with E-state index < -0.39 is 0 Å². The summed E-state index contributed by atoms with van der Waals surface area (Å²) in [7, 11) is 2.06. The maximum atomic E-state index is 3.37. The molecule has 1 heteroatoms. The molecule has 0 unspecified atom stereocenters. The summed E-state index contributed by atoms with van der Waals surface area (Å²) in [6.07, 6.45) is 3.63. The van der Waals surface area contributed by atoms with E-state index in [-0.39, 0.29) is 5.41 Å². The average Bonchev–Trinajstić information content (AvgIpc) is 2.37. The number of benzene rings is 1. The van der Waals surface area contributed by atoms with E-state index in [1.165, 1.54) is 30.4 Å². The topological polar surface area (TPSA) is 12.0 Å². The second-order valence-corrected chi connectivity index (χ2v) is 6.86. The van der Waals surface area contributed by atoms with Crippen LogP contribution in [0.2, 0.25) is 0 Å². The Labute approximate surface area is 119 Å². The Balaban J connectivity index is 2.86. The molecule has 108 valence electrons. The van der Waals surface area contributed by atoms with E-state index >= 15 is 0 Å². The zero-order valence-corrected chi connectivity index (χ0v) is 13.6. The van der Waals surface area contributed by atoms with Gasteiger partial charge in [-0.15, -0.1) is 0 Å². The van der Waals surface area contributed by atoms with Crippen LogP contribution in [0.5, 0.6) is 0 Å². The lowest BCUT2D eigenvalue weighted by Gasteiger charge is -2.32. The molecular weight excluding hydrogens is 230 g/mol. The van der Waals surface area contributed by atoms with Gasteiger partial charge in [-0.05, 0) is 48.3 Å². The van der Waals surface area contributed by atoms with Crippen LogP contribution < -0.4 is 5.32 Å². The summed E-state index contributed by atoms with van der Waals surface area (Å²) >= 11 is 0. The maximum absolute atomic E-state index is 3.37. The van der Waals surface area contributed by atoms with Gasteiger partial charge < -0.3 is 5.32 Å². The summed E-state index contributed by atoms with van der Waals surface area (Å²) in [6, 6.07) is 9.22. The van der Waals surface area contributed by atoms with Crippen LogP contribution in [0.1, 0.15) is 58.6 Å². The van der Waals surface area contributed by atoms with Crippen LogP contribution in [-0.2, 0) is 11.8 Å². The monoisotopic (exact) mass is 261 g/mol. The number of hydrogen-bond donors (Lipinski definition) is 1. The van der Waals surface area contributed by atoms with Crippen LogP contribution in [0, 0.1) is 5.41 Å². The molecule has 1 aromatic carbocycles. The minimum atomic E-state index is 0.246.